The largest absolute Gasteiger partial charge is 0.490 e. The van der Waals surface area contributed by atoms with Gasteiger partial charge in [0.25, 0.3) is 0 Å². The molecule has 0 radical (unpaired) electrons. The van der Waals surface area contributed by atoms with E-state index in [1.54, 1.807) is 18.2 Å². The number of H-pyrrole nitrogens is 1. The standard InChI is InChI=1S/C17H17N7O5S2.C2HF3O2/c18-5-6-30(26,27)13-4-2-11(9-1-3-12-10(7-9)8-14(25)20-12)15(16(13)31(19,28)29)17-21-23-24-22-17;3-2(4,5)1(6)7/h1-4,7H,5-6,8,18H2,(H,20,25)(H2,19,28,29)(H,21,22,23,24);(H,6,7). The van der Waals surface area contributed by atoms with Gasteiger partial charge >= 0.3 is 12.1 Å². The number of alkyl halides is 3. The fourth-order valence-corrected chi connectivity index (χ4v) is 6.24. The van der Waals surface area contributed by atoms with Gasteiger partial charge in [-0.05, 0) is 40.1 Å². The fourth-order valence-electron chi connectivity index (χ4n) is 3.48. The van der Waals surface area contributed by atoms with Crippen LogP contribution in [0.5, 0.6) is 0 Å². The highest BCUT2D eigenvalue weighted by molar-refractivity contribution is 7.93. The average molecular weight is 578 g/mol. The number of tetrazole rings is 1. The van der Waals surface area contributed by atoms with E-state index in [0.717, 1.165) is 0 Å². The summed E-state index contributed by atoms with van der Waals surface area (Å²) in [5, 5.41) is 28.7. The zero-order valence-corrected chi connectivity index (χ0v) is 20.5. The Morgan fingerprint density at radius 1 is 1.13 bits per heavy atom. The first kappa shape index (κ1) is 28.6. The number of amides is 1. The van der Waals surface area contributed by atoms with Crippen LogP contribution in [0.1, 0.15) is 5.56 Å². The Hall–Kier alpha value is -3.94. The van der Waals surface area contributed by atoms with Crippen LogP contribution in [-0.2, 0) is 35.9 Å². The number of nitrogens with two attached hydrogens (primary N) is 2. The maximum atomic E-state index is 12.7. The van der Waals surface area contributed by atoms with Gasteiger partial charge in [0.05, 0.1) is 22.6 Å². The number of anilines is 1. The molecule has 7 N–H and O–H groups in total. The summed E-state index contributed by atoms with van der Waals surface area (Å²) in [6, 6.07) is 7.64. The minimum Gasteiger partial charge on any atom is -0.475 e. The molecule has 1 aliphatic heterocycles. The lowest BCUT2D eigenvalue weighted by molar-refractivity contribution is -0.192. The van der Waals surface area contributed by atoms with E-state index in [1.807, 2.05) is 0 Å². The van der Waals surface area contributed by atoms with Crippen LogP contribution in [0, 0.1) is 0 Å². The third kappa shape index (κ3) is 6.13. The minimum absolute atomic E-state index is 0.119. The minimum atomic E-state index is -5.08. The number of hydrogen-bond donors (Lipinski definition) is 5. The van der Waals surface area contributed by atoms with E-state index in [2.05, 4.69) is 25.9 Å². The lowest BCUT2D eigenvalue weighted by Crippen LogP contribution is -2.22. The van der Waals surface area contributed by atoms with Crippen molar-refractivity contribution in [2.24, 2.45) is 10.9 Å². The summed E-state index contributed by atoms with van der Waals surface area (Å²) in [4.78, 5) is 19.4. The fraction of sp³-hybridized carbons (Fsp3) is 0.211. The Morgan fingerprint density at radius 3 is 2.32 bits per heavy atom. The lowest BCUT2D eigenvalue weighted by Gasteiger charge is -2.16. The molecular formula is C19H18F3N7O7S2. The van der Waals surface area contributed by atoms with E-state index in [4.69, 9.17) is 20.8 Å². The van der Waals surface area contributed by atoms with Crippen LogP contribution in [0.15, 0.2) is 40.1 Å². The molecule has 0 bridgehead atoms. The number of aromatic amines is 1. The van der Waals surface area contributed by atoms with Crippen molar-refractivity contribution in [3.05, 3.63) is 35.9 Å². The summed E-state index contributed by atoms with van der Waals surface area (Å²) in [6.45, 7) is -0.211. The molecule has 0 aliphatic carbocycles. The number of carbonyl (C=O) groups is 2. The Kier molecular flexibility index (Phi) is 7.86. The van der Waals surface area contributed by atoms with Gasteiger partial charge in [-0.15, -0.1) is 10.2 Å². The number of halogens is 3. The monoisotopic (exact) mass is 577 g/mol. The number of nitrogens with one attached hydrogen (secondary N) is 2. The highest BCUT2D eigenvalue weighted by Gasteiger charge is 2.38. The smallest absolute Gasteiger partial charge is 0.475 e. The van der Waals surface area contributed by atoms with Gasteiger partial charge in [-0.3, -0.25) is 4.79 Å². The molecule has 2 aromatic carbocycles. The first-order chi connectivity index (χ1) is 17.6. The molecule has 0 spiro atoms. The van der Waals surface area contributed by atoms with Gasteiger partial charge in [-0.2, -0.15) is 18.4 Å². The summed E-state index contributed by atoms with van der Waals surface area (Å²) in [6.07, 6.45) is -4.92. The Balaban J connectivity index is 0.000000505. The van der Waals surface area contributed by atoms with Crippen LogP contribution in [0.25, 0.3) is 22.5 Å². The molecule has 0 saturated carbocycles. The predicted octanol–water partition coefficient (Wildman–Crippen LogP) is 0.0414. The molecule has 1 aliphatic rings. The molecule has 1 aromatic heterocycles. The number of sulfonamides is 1. The summed E-state index contributed by atoms with van der Waals surface area (Å²) >= 11 is 0. The topological polar surface area (TPSA) is 241 Å². The SMILES string of the molecule is NCCS(=O)(=O)c1ccc(-c2ccc3c(c2)CC(=O)N3)c(-c2nn[nH]n2)c1S(N)(=O)=O.O=C(O)C(F)(F)F. The summed E-state index contributed by atoms with van der Waals surface area (Å²) in [5.74, 6) is -3.56. The summed E-state index contributed by atoms with van der Waals surface area (Å²) in [5.41, 5.74) is 7.45. The van der Waals surface area contributed by atoms with E-state index in [0.29, 0.717) is 22.4 Å². The second kappa shape index (κ2) is 10.4. The predicted molar refractivity (Wildman–Crippen MR) is 124 cm³/mol. The van der Waals surface area contributed by atoms with Crippen LogP contribution in [0.2, 0.25) is 0 Å². The molecule has 3 aromatic rings. The number of hydrogen-bond acceptors (Lipinski definition) is 10. The maximum Gasteiger partial charge on any atom is 0.490 e. The zero-order chi connectivity index (χ0) is 28.5. The Morgan fingerprint density at radius 2 is 1.79 bits per heavy atom. The van der Waals surface area contributed by atoms with Gasteiger partial charge in [0.1, 0.15) is 4.90 Å². The van der Waals surface area contributed by atoms with Crippen molar-refractivity contribution in [1.29, 1.82) is 0 Å². The van der Waals surface area contributed by atoms with E-state index in [-0.39, 0.29) is 30.3 Å². The lowest BCUT2D eigenvalue weighted by atomic mass is 9.96. The van der Waals surface area contributed by atoms with E-state index >= 15 is 0 Å². The number of aromatic nitrogens is 4. The molecule has 19 heteroatoms. The Bertz CT molecular complexity index is 1610. The van der Waals surface area contributed by atoms with Gasteiger partial charge < -0.3 is 16.2 Å². The molecule has 0 unspecified atom stereocenters. The maximum absolute atomic E-state index is 12.7. The van der Waals surface area contributed by atoms with E-state index in [9.17, 15) is 34.8 Å². The number of fused-ring (bicyclic) bond motifs is 1. The van der Waals surface area contributed by atoms with Crippen molar-refractivity contribution in [2.75, 3.05) is 17.6 Å². The highest BCUT2D eigenvalue weighted by Crippen LogP contribution is 2.40. The van der Waals surface area contributed by atoms with Crippen molar-refractivity contribution >= 4 is 37.4 Å². The summed E-state index contributed by atoms with van der Waals surface area (Å²) < 4.78 is 82.4. The van der Waals surface area contributed by atoms with Crippen molar-refractivity contribution in [1.82, 2.24) is 20.6 Å². The number of aliphatic carboxylic acids is 1. The van der Waals surface area contributed by atoms with Gasteiger partial charge in [0, 0.05) is 12.2 Å². The highest BCUT2D eigenvalue weighted by atomic mass is 32.2. The van der Waals surface area contributed by atoms with Crippen LogP contribution in [0.3, 0.4) is 0 Å². The molecule has 4 rings (SSSR count). The second-order valence-corrected chi connectivity index (χ2v) is 11.2. The van der Waals surface area contributed by atoms with Crippen molar-refractivity contribution in [2.45, 2.75) is 22.4 Å². The van der Waals surface area contributed by atoms with Gasteiger partial charge in [-0.25, -0.2) is 26.8 Å². The number of nitrogens with zero attached hydrogens (tertiary/aromatic N) is 3. The van der Waals surface area contributed by atoms with Crippen LogP contribution < -0.4 is 16.2 Å². The molecule has 1 amide bonds. The molecule has 0 saturated heterocycles. The van der Waals surface area contributed by atoms with Crippen molar-refractivity contribution in [3.63, 3.8) is 0 Å². The summed E-state index contributed by atoms with van der Waals surface area (Å²) in [7, 11) is -8.63. The third-order valence-electron chi connectivity index (χ3n) is 4.98. The number of sulfone groups is 1. The molecular weight excluding hydrogens is 559 g/mol. The first-order valence-corrected chi connectivity index (χ1v) is 13.4. The number of carbonyl (C=O) groups excluding carboxylic acids is 1. The van der Waals surface area contributed by atoms with Crippen molar-refractivity contribution < 1.29 is 44.7 Å². The normalized spacial score (nSPS) is 13.3. The number of rotatable bonds is 6. The second-order valence-electron chi connectivity index (χ2n) is 7.60. The number of primary sulfonamides is 1. The van der Waals surface area contributed by atoms with Gasteiger partial charge in [0.2, 0.25) is 21.8 Å². The van der Waals surface area contributed by atoms with Crippen LogP contribution in [0.4, 0.5) is 18.9 Å². The third-order valence-corrected chi connectivity index (χ3v) is 7.89. The van der Waals surface area contributed by atoms with Crippen LogP contribution in [-0.4, -0.2) is 72.9 Å². The average Bonchev–Trinajstić information content (AvgIpc) is 3.45. The number of carboxylic acid groups (broad SMARTS) is 1. The van der Waals surface area contributed by atoms with Crippen LogP contribution >= 0.6 is 0 Å². The number of carboxylic acids is 1. The van der Waals surface area contributed by atoms with Gasteiger partial charge in [-0.1, -0.05) is 12.1 Å². The molecule has 14 nitrogen and oxygen atoms in total. The van der Waals surface area contributed by atoms with Crippen molar-refractivity contribution in [3.8, 4) is 22.5 Å². The molecule has 2 heterocycles. The number of benzene rings is 2. The molecule has 204 valence electrons. The molecule has 0 fully saturated rings. The zero-order valence-electron chi connectivity index (χ0n) is 18.9. The quantitative estimate of drug-likeness (QED) is 0.262. The van der Waals surface area contributed by atoms with E-state index < -0.39 is 47.5 Å². The molecule has 38 heavy (non-hydrogen) atoms. The van der Waals surface area contributed by atoms with Gasteiger partial charge in [0.15, 0.2) is 9.84 Å². The van der Waals surface area contributed by atoms with E-state index in [1.165, 1.54) is 12.1 Å². The first-order valence-electron chi connectivity index (χ1n) is 10.2. The molecule has 0 atom stereocenters. The Labute approximate surface area is 212 Å².